The average molecular weight is 396 g/mol. The number of hydrazine groups is 1. The standard InChI is InChI=1S/C22H28N4O3/c1-13-9-11-15(12-10-13)20(27)24-23-16-7-6-8-17-18(16)14(2)19(29-17)21(28)25-26-22(3,4)5/h9-12,26H,6-8H2,1-5H3,(H,24,27)(H,25,28)/b23-16+. The number of benzene rings is 1. The Morgan fingerprint density at radius 1 is 1.03 bits per heavy atom. The Bertz CT molecular complexity index is 950. The molecule has 0 saturated carbocycles. The molecule has 1 aliphatic rings. The number of nitrogens with one attached hydrogen (secondary N) is 3. The molecule has 2 amide bonds. The molecule has 1 heterocycles. The number of fused-ring (bicyclic) bond motifs is 1. The number of hydrazone groups is 1. The van der Waals surface area contributed by atoms with Crippen molar-refractivity contribution in [2.24, 2.45) is 5.10 Å². The smallest absolute Gasteiger partial charge is 0.301 e. The summed E-state index contributed by atoms with van der Waals surface area (Å²) in [5.41, 5.74) is 11.9. The lowest BCUT2D eigenvalue weighted by Crippen LogP contribution is -2.48. The summed E-state index contributed by atoms with van der Waals surface area (Å²) in [5.74, 6) is 0.414. The van der Waals surface area contributed by atoms with Crippen LogP contribution in [0.5, 0.6) is 0 Å². The van der Waals surface area contributed by atoms with Crippen molar-refractivity contribution in [3.8, 4) is 0 Å². The van der Waals surface area contributed by atoms with Crippen LogP contribution in [0.3, 0.4) is 0 Å². The molecular formula is C22H28N4O3. The van der Waals surface area contributed by atoms with Gasteiger partial charge in [0.1, 0.15) is 5.76 Å². The van der Waals surface area contributed by atoms with Gasteiger partial charge in [0, 0.05) is 28.7 Å². The highest BCUT2D eigenvalue weighted by Crippen LogP contribution is 2.29. The lowest BCUT2D eigenvalue weighted by molar-refractivity contribution is 0.0882. The fourth-order valence-corrected chi connectivity index (χ4v) is 3.19. The van der Waals surface area contributed by atoms with Crippen LogP contribution in [0.15, 0.2) is 33.8 Å². The van der Waals surface area contributed by atoms with E-state index in [9.17, 15) is 9.59 Å². The van der Waals surface area contributed by atoms with Gasteiger partial charge in [-0.3, -0.25) is 15.0 Å². The second-order valence-electron chi connectivity index (χ2n) is 8.40. The highest BCUT2D eigenvalue weighted by Gasteiger charge is 2.28. The molecule has 1 aromatic heterocycles. The van der Waals surface area contributed by atoms with E-state index in [2.05, 4.69) is 21.4 Å². The second-order valence-corrected chi connectivity index (χ2v) is 8.40. The van der Waals surface area contributed by atoms with Crippen molar-refractivity contribution in [3.05, 3.63) is 58.0 Å². The van der Waals surface area contributed by atoms with Crippen LogP contribution in [0.2, 0.25) is 0 Å². The number of hydrogen-bond donors (Lipinski definition) is 3. The first-order chi connectivity index (χ1) is 13.7. The molecule has 3 N–H and O–H groups in total. The van der Waals surface area contributed by atoms with Crippen LogP contribution in [-0.2, 0) is 6.42 Å². The Kier molecular flexibility index (Phi) is 5.88. The van der Waals surface area contributed by atoms with Crippen molar-refractivity contribution < 1.29 is 14.0 Å². The predicted octanol–water partition coefficient (Wildman–Crippen LogP) is 3.40. The molecule has 0 fully saturated rings. The molecule has 0 aliphatic heterocycles. The van der Waals surface area contributed by atoms with E-state index >= 15 is 0 Å². The number of furan rings is 1. The normalized spacial score (nSPS) is 15.1. The summed E-state index contributed by atoms with van der Waals surface area (Å²) in [7, 11) is 0. The Morgan fingerprint density at radius 3 is 2.38 bits per heavy atom. The van der Waals surface area contributed by atoms with Crippen LogP contribution in [0, 0.1) is 13.8 Å². The monoisotopic (exact) mass is 396 g/mol. The molecule has 0 atom stereocenters. The van der Waals surface area contributed by atoms with Crippen molar-refractivity contribution in [1.82, 2.24) is 16.3 Å². The van der Waals surface area contributed by atoms with Gasteiger partial charge in [0.05, 0.1) is 5.71 Å². The molecule has 0 radical (unpaired) electrons. The molecule has 0 saturated heterocycles. The van der Waals surface area contributed by atoms with Gasteiger partial charge >= 0.3 is 5.91 Å². The third kappa shape index (κ3) is 4.92. The van der Waals surface area contributed by atoms with Crippen molar-refractivity contribution in [1.29, 1.82) is 0 Å². The minimum absolute atomic E-state index is 0.261. The topological polar surface area (TPSA) is 95.7 Å². The van der Waals surface area contributed by atoms with E-state index in [1.807, 2.05) is 46.8 Å². The number of carbonyl (C=O) groups is 2. The van der Waals surface area contributed by atoms with Gasteiger partial charge in [-0.2, -0.15) is 5.10 Å². The van der Waals surface area contributed by atoms with E-state index in [4.69, 9.17) is 4.42 Å². The first kappa shape index (κ1) is 20.8. The lowest BCUT2D eigenvalue weighted by Gasteiger charge is -2.20. The van der Waals surface area contributed by atoms with Crippen LogP contribution in [0.25, 0.3) is 0 Å². The van der Waals surface area contributed by atoms with Gasteiger partial charge in [-0.05, 0) is 59.6 Å². The average Bonchev–Trinajstić information content (AvgIpc) is 3.01. The second kappa shape index (κ2) is 8.21. The summed E-state index contributed by atoms with van der Waals surface area (Å²) in [5, 5.41) is 4.35. The van der Waals surface area contributed by atoms with Crippen LogP contribution < -0.4 is 16.3 Å². The molecule has 7 nitrogen and oxygen atoms in total. The summed E-state index contributed by atoms with van der Waals surface area (Å²) in [4.78, 5) is 24.9. The van der Waals surface area contributed by atoms with Crippen LogP contribution in [0.4, 0.5) is 0 Å². The molecule has 0 unspecified atom stereocenters. The zero-order valence-electron chi connectivity index (χ0n) is 17.6. The Hall–Kier alpha value is -2.93. The quantitative estimate of drug-likeness (QED) is 0.690. The van der Waals surface area contributed by atoms with Gasteiger partial charge < -0.3 is 4.42 Å². The highest BCUT2D eigenvalue weighted by molar-refractivity contribution is 6.07. The maximum absolute atomic E-state index is 12.5. The maximum Gasteiger partial charge on any atom is 0.301 e. The van der Waals surface area contributed by atoms with Gasteiger partial charge in [0.2, 0.25) is 0 Å². The van der Waals surface area contributed by atoms with E-state index < -0.39 is 0 Å². The molecule has 1 aromatic carbocycles. The van der Waals surface area contributed by atoms with E-state index in [1.54, 1.807) is 12.1 Å². The van der Waals surface area contributed by atoms with Crippen LogP contribution >= 0.6 is 0 Å². The molecule has 7 heteroatoms. The van der Waals surface area contributed by atoms with Crippen molar-refractivity contribution >= 4 is 17.5 Å². The first-order valence-electron chi connectivity index (χ1n) is 9.79. The summed E-state index contributed by atoms with van der Waals surface area (Å²) in [6.07, 6.45) is 2.30. The van der Waals surface area contributed by atoms with Crippen molar-refractivity contribution in [2.45, 2.75) is 59.4 Å². The van der Waals surface area contributed by atoms with Gasteiger partial charge in [0.25, 0.3) is 5.91 Å². The Morgan fingerprint density at radius 2 is 1.72 bits per heavy atom. The fraction of sp³-hybridized carbons (Fsp3) is 0.409. The molecule has 3 rings (SSSR count). The van der Waals surface area contributed by atoms with Crippen LogP contribution in [-0.4, -0.2) is 23.1 Å². The predicted molar refractivity (Wildman–Crippen MR) is 112 cm³/mol. The van der Waals surface area contributed by atoms with Gasteiger partial charge in [-0.1, -0.05) is 17.7 Å². The van der Waals surface area contributed by atoms with E-state index in [1.165, 1.54) is 0 Å². The van der Waals surface area contributed by atoms with Crippen LogP contribution in [0.1, 0.15) is 77.0 Å². The third-order valence-corrected chi connectivity index (χ3v) is 4.69. The lowest BCUT2D eigenvalue weighted by atomic mass is 9.93. The zero-order chi connectivity index (χ0) is 21.2. The van der Waals surface area contributed by atoms with E-state index in [-0.39, 0.29) is 23.1 Å². The third-order valence-electron chi connectivity index (χ3n) is 4.69. The van der Waals surface area contributed by atoms with Crippen molar-refractivity contribution in [2.75, 3.05) is 0 Å². The van der Waals surface area contributed by atoms with Crippen molar-refractivity contribution in [3.63, 3.8) is 0 Å². The van der Waals surface area contributed by atoms with Gasteiger partial charge in [-0.15, -0.1) is 0 Å². The largest absolute Gasteiger partial charge is 0.455 e. The molecular weight excluding hydrogens is 368 g/mol. The molecule has 0 spiro atoms. The summed E-state index contributed by atoms with van der Waals surface area (Å²) >= 11 is 0. The minimum Gasteiger partial charge on any atom is -0.455 e. The Labute approximate surface area is 170 Å². The van der Waals surface area contributed by atoms with Gasteiger partial charge in [-0.25, -0.2) is 10.9 Å². The highest BCUT2D eigenvalue weighted by atomic mass is 16.4. The number of amides is 2. The van der Waals surface area contributed by atoms with E-state index in [0.717, 1.165) is 41.0 Å². The molecule has 29 heavy (non-hydrogen) atoms. The first-order valence-corrected chi connectivity index (χ1v) is 9.79. The summed E-state index contributed by atoms with van der Waals surface area (Å²) in [6, 6.07) is 7.31. The number of aryl methyl sites for hydroxylation is 2. The zero-order valence-corrected chi connectivity index (χ0v) is 17.6. The molecule has 2 aromatic rings. The number of carbonyl (C=O) groups excluding carboxylic acids is 2. The Balaban J connectivity index is 1.80. The number of rotatable bonds is 4. The SMILES string of the molecule is Cc1ccc(C(=O)N/N=C2\CCCc3oc(C(=O)NNC(C)(C)C)c(C)c32)cc1. The molecule has 0 bridgehead atoms. The molecule has 1 aliphatic carbocycles. The number of nitrogens with zero attached hydrogens (tertiary/aromatic N) is 1. The fourth-order valence-electron chi connectivity index (χ4n) is 3.19. The maximum atomic E-state index is 12.5. The van der Waals surface area contributed by atoms with Gasteiger partial charge in [0.15, 0.2) is 5.76 Å². The molecule has 154 valence electrons. The number of hydrogen-bond acceptors (Lipinski definition) is 5. The summed E-state index contributed by atoms with van der Waals surface area (Å²) < 4.78 is 5.85. The summed E-state index contributed by atoms with van der Waals surface area (Å²) in [6.45, 7) is 9.67. The van der Waals surface area contributed by atoms with E-state index in [0.29, 0.717) is 12.0 Å². The minimum atomic E-state index is -0.324.